The van der Waals surface area contributed by atoms with E-state index in [0.29, 0.717) is 10.7 Å². The van der Waals surface area contributed by atoms with Gasteiger partial charge < -0.3 is 10.1 Å². The number of para-hydroxylation sites is 1. The summed E-state index contributed by atoms with van der Waals surface area (Å²) in [6, 6.07) is 16.4. The Labute approximate surface area is 144 Å². The second-order valence-electron chi connectivity index (χ2n) is 4.70. The molecule has 0 aliphatic rings. The van der Waals surface area contributed by atoms with Crippen LogP contribution >= 0.6 is 23.4 Å². The molecular weight excluding hydrogens is 334 g/mol. The van der Waals surface area contributed by atoms with Crippen LogP contribution in [0.25, 0.3) is 0 Å². The number of amides is 1. The minimum absolute atomic E-state index is 0.147. The van der Waals surface area contributed by atoms with Crippen molar-refractivity contribution in [2.24, 2.45) is 0 Å². The molecule has 0 bridgehead atoms. The van der Waals surface area contributed by atoms with Gasteiger partial charge in [0.2, 0.25) is 0 Å². The van der Waals surface area contributed by atoms with Crippen LogP contribution in [0.2, 0.25) is 5.02 Å². The van der Waals surface area contributed by atoms with Gasteiger partial charge in [-0.3, -0.25) is 9.59 Å². The Balaban J connectivity index is 1.81. The van der Waals surface area contributed by atoms with E-state index in [2.05, 4.69) is 5.32 Å². The first-order valence-corrected chi connectivity index (χ1v) is 8.35. The van der Waals surface area contributed by atoms with Crippen LogP contribution in [0.4, 0.5) is 5.69 Å². The van der Waals surface area contributed by atoms with Gasteiger partial charge in [0.25, 0.3) is 5.91 Å². The van der Waals surface area contributed by atoms with Crippen LogP contribution in [-0.4, -0.2) is 23.7 Å². The van der Waals surface area contributed by atoms with Gasteiger partial charge in [0.1, 0.15) is 0 Å². The number of rotatable bonds is 6. The molecule has 1 amide bonds. The van der Waals surface area contributed by atoms with E-state index in [0.717, 1.165) is 4.90 Å². The number of anilines is 1. The third-order valence-corrected chi connectivity index (χ3v) is 4.22. The van der Waals surface area contributed by atoms with Crippen LogP contribution < -0.4 is 5.32 Å². The average Bonchev–Trinajstić information content (AvgIpc) is 2.56. The number of hydrogen-bond acceptors (Lipinski definition) is 4. The first kappa shape index (κ1) is 17.4. The highest BCUT2D eigenvalue weighted by atomic mass is 35.5. The number of benzene rings is 2. The summed E-state index contributed by atoms with van der Waals surface area (Å²) >= 11 is 7.33. The van der Waals surface area contributed by atoms with E-state index in [1.54, 1.807) is 24.3 Å². The molecule has 0 fully saturated rings. The maximum atomic E-state index is 12.0. The maximum absolute atomic E-state index is 12.0. The molecule has 4 nitrogen and oxygen atoms in total. The van der Waals surface area contributed by atoms with Crippen molar-refractivity contribution in [3.8, 4) is 0 Å². The summed E-state index contributed by atoms with van der Waals surface area (Å²) in [6.45, 7) is 1.53. The van der Waals surface area contributed by atoms with Crippen molar-refractivity contribution in [1.29, 1.82) is 0 Å². The fraction of sp³-hybridized carbons (Fsp3) is 0.176. The summed E-state index contributed by atoms with van der Waals surface area (Å²) in [4.78, 5) is 24.8. The molecular formula is C17H16ClNO3S. The molecule has 1 N–H and O–H groups in total. The third kappa shape index (κ3) is 5.62. The largest absolute Gasteiger partial charge is 0.452 e. The summed E-state index contributed by atoms with van der Waals surface area (Å²) in [7, 11) is 0. The van der Waals surface area contributed by atoms with Gasteiger partial charge in [-0.2, -0.15) is 0 Å². The zero-order valence-corrected chi connectivity index (χ0v) is 14.1. The number of hydrogen-bond donors (Lipinski definition) is 1. The number of nitrogens with one attached hydrogen (secondary N) is 1. The van der Waals surface area contributed by atoms with Gasteiger partial charge in [-0.1, -0.05) is 41.9 Å². The van der Waals surface area contributed by atoms with Gasteiger partial charge in [-0.05, 0) is 31.2 Å². The van der Waals surface area contributed by atoms with Gasteiger partial charge in [0.15, 0.2) is 6.10 Å². The van der Waals surface area contributed by atoms with Gasteiger partial charge in [-0.25, -0.2) is 0 Å². The smallest absolute Gasteiger partial charge is 0.317 e. The van der Waals surface area contributed by atoms with Crippen LogP contribution in [0.5, 0.6) is 0 Å². The normalized spacial score (nSPS) is 11.6. The van der Waals surface area contributed by atoms with Crippen molar-refractivity contribution in [2.45, 2.75) is 17.9 Å². The number of ether oxygens (including phenoxy) is 1. The monoisotopic (exact) mass is 349 g/mol. The van der Waals surface area contributed by atoms with E-state index in [4.69, 9.17) is 16.3 Å². The van der Waals surface area contributed by atoms with Crippen LogP contribution in [0, 0.1) is 0 Å². The topological polar surface area (TPSA) is 55.4 Å². The fourth-order valence-corrected chi connectivity index (χ4v) is 2.63. The lowest BCUT2D eigenvalue weighted by Gasteiger charge is -2.14. The molecule has 0 aliphatic heterocycles. The van der Waals surface area contributed by atoms with Crippen molar-refractivity contribution in [1.82, 2.24) is 0 Å². The third-order valence-electron chi connectivity index (χ3n) is 2.91. The standard InChI is InChI=1S/C17H16ClNO3S/c1-12(17(21)19-15-10-6-5-9-14(15)18)22-16(20)11-23-13-7-3-2-4-8-13/h2-10,12H,11H2,1H3,(H,19,21)/t12-/m1/s1. The Morgan fingerprint density at radius 1 is 1.13 bits per heavy atom. The molecule has 0 aliphatic carbocycles. The van der Waals surface area contributed by atoms with E-state index >= 15 is 0 Å². The highest BCUT2D eigenvalue weighted by molar-refractivity contribution is 8.00. The summed E-state index contributed by atoms with van der Waals surface area (Å²) in [5.74, 6) is -0.717. The van der Waals surface area contributed by atoms with Crippen LogP contribution in [0.1, 0.15) is 6.92 Å². The number of halogens is 1. The highest BCUT2D eigenvalue weighted by Crippen LogP contribution is 2.21. The van der Waals surface area contributed by atoms with Gasteiger partial charge in [-0.15, -0.1) is 11.8 Å². The second kappa shape index (κ2) is 8.60. The first-order chi connectivity index (χ1) is 11.1. The first-order valence-electron chi connectivity index (χ1n) is 6.99. The molecule has 2 aromatic rings. The number of thioether (sulfide) groups is 1. The minimum Gasteiger partial charge on any atom is -0.452 e. The van der Waals surface area contributed by atoms with Crippen molar-refractivity contribution in [3.63, 3.8) is 0 Å². The van der Waals surface area contributed by atoms with Crippen molar-refractivity contribution < 1.29 is 14.3 Å². The lowest BCUT2D eigenvalue weighted by molar-refractivity contribution is -0.150. The zero-order chi connectivity index (χ0) is 16.7. The molecule has 0 saturated heterocycles. The zero-order valence-electron chi connectivity index (χ0n) is 12.5. The molecule has 0 spiro atoms. The summed E-state index contributed by atoms with van der Waals surface area (Å²) in [6.07, 6.45) is -0.893. The number of carbonyl (C=O) groups is 2. The Bertz CT molecular complexity index is 679. The molecule has 6 heteroatoms. The lowest BCUT2D eigenvalue weighted by Crippen LogP contribution is -2.30. The Morgan fingerprint density at radius 2 is 1.78 bits per heavy atom. The van der Waals surface area contributed by atoms with E-state index in [9.17, 15) is 9.59 Å². The molecule has 120 valence electrons. The predicted octanol–water partition coefficient (Wildman–Crippen LogP) is 4.00. The molecule has 0 saturated carbocycles. The summed E-state index contributed by atoms with van der Waals surface area (Å²) in [5.41, 5.74) is 0.487. The van der Waals surface area contributed by atoms with E-state index in [1.165, 1.54) is 18.7 Å². The van der Waals surface area contributed by atoms with E-state index < -0.39 is 18.0 Å². The number of esters is 1. The van der Waals surface area contributed by atoms with Gasteiger partial charge >= 0.3 is 5.97 Å². The second-order valence-corrected chi connectivity index (χ2v) is 6.16. The van der Waals surface area contributed by atoms with E-state index in [1.807, 2.05) is 30.3 Å². The molecule has 0 radical (unpaired) electrons. The number of carbonyl (C=O) groups excluding carboxylic acids is 2. The maximum Gasteiger partial charge on any atom is 0.317 e. The molecule has 2 aromatic carbocycles. The van der Waals surface area contributed by atoms with Crippen molar-refractivity contribution in [2.75, 3.05) is 11.1 Å². The predicted molar refractivity (Wildman–Crippen MR) is 92.8 cm³/mol. The molecule has 0 aromatic heterocycles. The molecule has 0 heterocycles. The van der Waals surface area contributed by atoms with Crippen LogP contribution in [-0.2, 0) is 14.3 Å². The highest BCUT2D eigenvalue weighted by Gasteiger charge is 2.18. The SMILES string of the molecule is C[C@@H](OC(=O)CSc1ccccc1)C(=O)Nc1ccccc1Cl. The van der Waals surface area contributed by atoms with Crippen LogP contribution in [0.15, 0.2) is 59.5 Å². The van der Waals surface area contributed by atoms with Crippen molar-refractivity contribution >= 4 is 40.9 Å². The summed E-state index contributed by atoms with van der Waals surface area (Å²) < 4.78 is 5.13. The summed E-state index contributed by atoms with van der Waals surface area (Å²) in [5, 5.41) is 3.06. The van der Waals surface area contributed by atoms with E-state index in [-0.39, 0.29) is 5.75 Å². The Kier molecular flexibility index (Phi) is 6.50. The molecule has 0 unspecified atom stereocenters. The average molecular weight is 350 g/mol. The molecule has 1 atom stereocenters. The van der Waals surface area contributed by atoms with Crippen molar-refractivity contribution in [3.05, 3.63) is 59.6 Å². The van der Waals surface area contributed by atoms with Gasteiger partial charge in [0, 0.05) is 4.90 Å². The van der Waals surface area contributed by atoms with Gasteiger partial charge in [0.05, 0.1) is 16.5 Å². The Hall–Kier alpha value is -1.98. The minimum atomic E-state index is -0.893. The molecule has 23 heavy (non-hydrogen) atoms. The quantitative estimate of drug-likeness (QED) is 0.632. The Morgan fingerprint density at radius 3 is 2.48 bits per heavy atom. The van der Waals surface area contributed by atoms with Crippen LogP contribution in [0.3, 0.4) is 0 Å². The lowest BCUT2D eigenvalue weighted by atomic mass is 10.3. The fourth-order valence-electron chi connectivity index (χ4n) is 1.74. The molecule has 2 rings (SSSR count).